The molecule has 6 aromatic heterocycles. The molecule has 10 heteroatoms. The second-order valence-electron chi connectivity index (χ2n) is 24.7. The third-order valence-corrected chi connectivity index (χ3v) is 19.0. The Morgan fingerprint density at radius 1 is 0.184 bits per heavy atom. The summed E-state index contributed by atoms with van der Waals surface area (Å²) in [5.74, 6) is 3.44. The Morgan fingerprint density at radius 3 is 0.990 bits per heavy atom. The molecule has 0 aliphatic carbocycles. The molecule has 458 valence electrons. The fourth-order valence-electron chi connectivity index (χ4n) is 14.3. The number of fused-ring (bicyclic) bond motifs is 8. The molecule has 0 saturated carbocycles. The van der Waals surface area contributed by atoms with Crippen LogP contribution in [0.5, 0.6) is 0 Å². The monoisotopic (exact) mass is 1250 g/mol. The van der Waals surface area contributed by atoms with Crippen LogP contribution in [0.2, 0.25) is 0 Å². The molecule has 0 N–H and O–H groups in total. The lowest BCUT2D eigenvalue weighted by atomic mass is 9.99. The number of rotatable bonds is 12. The summed E-state index contributed by atoms with van der Waals surface area (Å²) in [6.07, 6.45) is 4.35. The summed E-state index contributed by atoms with van der Waals surface area (Å²) < 4.78 is 9.00. The smallest absolute Gasteiger partial charge is 0.238 e. The van der Waals surface area contributed by atoms with Crippen LogP contribution in [0.25, 0.3) is 179 Å². The van der Waals surface area contributed by atoms with Gasteiger partial charge in [0.05, 0.1) is 33.1 Å². The average Bonchev–Trinajstić information content (AvgIpc) is 1.79. The van der Waals surface area contributed by atoms with Crippen molar-refractivity contribution >= 4 is 65.4 Å². The summed E-state index contributed by atoms with van der Waals surface area (Å²) in [4.78, 5) is 31.2. The van der Waals surface area contributed by atoms with Crippen LogP contribution in [0.3, 0.4) is 0 Å². The van der Waals surface area contributed by atoms with Crippen LogP contribution in [0.1, 0.15) is 0 Å². The lowest BCUT2D eigenvalue weighted by Gasteiger charge is -2.11. The first-order valence-electron chi connectivity index (χ1n) is 32.9. The van der Waals surface area contributed by atoms with Gasteiger partial charge in [0, 0.05) is 89.5 Å². The highest BCUT2D eigenvalue weighted by molar-refractivity contribution is 6.13. The van der Waals surface area contributed by atoms with E-state index in [-0.39, 0.29) is 0 Å². The zero-order chi connectivity index (χ0) is 64.6. The van der Waals surface area contributed by atoms with Crippen LogP contribution in [0, 0.1) is 0 Å². The van der Waals surface area contributed by atoms with E-state index in [4.69, 9.17) is 29.9 Å². The summed E-state index contributed by atoms with van der Waals surface area (Å²) in [5, 5.41) is 6.95. The van der Waals surface area contributed by atoms with Crippen molar-refractivity contribution in [3.8, 4) is 113 Å². The minimum atomic E-state index is 0.526. The van der Waals surface area contributed by atoms with E-state index in [0.717, 1.165) is 122 Å². The highest BCUT2D eigenvalue weighted by Crippen LogP contribution is 2.42. The van der Waals surface area contributed by atoms with E-state index in [1.807, 2.05) is 78.9 Å². The van der Waals surface area contributed by atoms with E-state index in [9.17, 15) is 0 Å². The van der Waals surface area contributed by atoms with E-state index in [1.54, 1.807) is 0 Å². The number of hydrogen-bond acceptors (Lipinski definition) is 6. The first-order valence-corrected chi connectivity index (χ1v) is 32.9. The second-order valence-corrected chi connectivity index (χ2v) is 24.7. The second kappa shape index (κ2) is 23.2. The summed E-state index contributed by atoms with van der Waals surface area (Å²) in [7, 11) is 0. The molecule has 0 aliphatic heterocycles. The first-order chi connectivity index (χ1) is 48.6. The Kier molecular flexibility index (Phi) is 13.3. The van der Waals surface area contributed by atoms with Gasteiger partial charge in [0.15, 0.2) is 23.3 Å². The van der Waals surface area contributed by atoms with Crippen molar-refractivity contribution in [2.45, 2.75) is 0 Å². The van der Waals surface area contributed by atoms with Gasteiger partial charge in [0.25, 0.3) is 0 Å². The molecule has 0 radical (unpaired) electrons. The van der Waals surface area contributed by atoms with Crippen molar-refractivity contribution in [2.24, 2.45) is 0 Å². The Labute approximate surface area is 563 Å². The van der Waals surface area contributed by atoms with E-state index >= 15 is 0 Å². The molecule has 19 aromatic rings. The lowest BCUT2D eigenvalue weighted by molar-refractivity contribution is 0.933. The largest absolute Gasteiger partial charge is 0.309 e. The fraction of sp³-hybridized carbons (Fsp3) is 0. The molecule has 0 unspecified atom stereocenters. The zero-order valence-corrected chi connectivity index (χ0v) is 52.8. The third kappa shape index (κ3) is 9.65. The number of benzene rings is 13. The Hall–Kier alpha value is -13.4. The van der Waals surface area contributed by atoms with Crippen molar-refractivity contribution in [3.05, 3.63) is 340 Å². The molecular formula is C88H56N10. The average molecular weight is 1250 g/mol. The van der Waals surface area contributed by atoms with Crippen molar-refractivity contribution in [1.82, 2.24) is 48.2 Å². The van der Waals surface area contributed by atoms with Gasteiger partial charge in [-0.2, -0.15) is 19.9 Å². The normalized spacial score (nSPS) is 11.7. The summed E-state index contributed by atoms with van der Waals surface area (Å²) in [6, 6.07) is 115. The van der Waals surface area contributed by atoms with Gasteiger partial charge >= 0.3 is 0 Å². The molecule has 13 aromatic carbocycles. The van der Waals surface area contributed by atoms with Crippen LogP contribution >= 0.6 is 0 Å². The van der Waals surface area contributed by atoms with Crippen LogP contribution in [0.15, 0.2) is 340 Å². The van der Waals surface area contributed by atoms with Gasteiger partial charge in [0.1, 0.15) is 0 Å². The van der Waals surface area contributed by atoms with E-state index < -0.39 is 0 Å². The number of para-hydroxylation sites is 5. The number of aromatic nitrogens is 10. The maximum Gasteiger partial charge on any atom is 0.238 e. The highest BCUT2D eigenvalue weighted by Gasteiger charge is 2.23. The molecule has 0 fully saturated rings. The molecule has 0 spiro atoms. The summed E-state index contributed by atoms with van der Waals surface area (Å²) >= 11 is 0. The number of nitrogens with zero attached hydrogens (tertiary/aromatic N) is 10. The number of hydrogen-bond donors (Lipinski definition) is 0. The molecule has 0 amide bonds. The maximum absolute atomic E-state index is 5.37. The molecule has 19 rings (SSSR count). The van der Waals surface area contributed by atoms with Gasteiger partial charge in [0.2, 0.25) is 11.9 Å². The Bertz CT molecular complexity index is 6220. The van der Waals surface area contributed by atoms with Gasteiger partial charge in [-0.15, -0.1) is 0 Å². The van der Waals surface area contributed by atoms with Crippen molar-refractivity contribution in [2.75, 3.05) is 0 Å². The van der Waals surface area contributed by atoms with Crippen molar-refractivity contribution in [1.29, 1.82) is 0 Å². The van der Waals surface area contributed by atoms with Crippen LogP contribution in [-0.2, 0) is 0 Å². The molecule has 0 saturated heterocycles. The van der Waals surface area contributed by atoms with E-state index in [0.29, 0.717) is 35.2 Å². The quantitative estimate of drug-likeness (QED) is 0.121. The van der Waals surface area contributed by atoms with Gasteiger partial charge in [-0.25, -0.2) is 9.97 Å². The van der Waals surface area contributed by atoms with Gasteiger partial charge in [-0.3, -0.25) is 9.13 Å². The third-order valence-electron chi connectivity index (χ3n) is 19.0. The van der Waals surface area contributed by atoms with E-state index in [1.165, 1.54) is 21.8 Å². The van der Waals surface area contributed by atoms with Gasteiger partial charge in [-0.1, -0.05) is 261 Å². The summed E-state index contributed by atoms with van der Waals surface area (Å²) in [5.41, 5.74) is 21.0. The molecule has 6 heterocycles. The van der Waals surface area contributed by atoms with E-state index in [2.05, 4.69) is 279 Å². The standard InChI is InChI=1S/C88H56N10/c1-6-23-59(24-7-1)83-89-84(60-25-8-2-9-26-60)92-87(91-83)96-56-76(71-37-17-20-39-78(71)96)65-47-50-74-73-49-46-64(53-81(73)98(82(74)54-65)68-33-14-5-15-34-68)62-29-22-30-66(51-62)86-90-85(61-27-10-3-11-28-61)93-88(94-86)95-55-75(70-36-16-19-38-77(70)95)58-43-41-57(42-44-58)63-45-48-72-69-35-18-21-40-79(69)97(80(72)52-63)67-31-12-4-13-32-67/h1-56H. The minimum absolute atomic E-state index is 0.526. The molecule has 0 bridgehead atoms. The molecule has 0 atom stereocenters. The molecule has 10 nitrogen and oxygen atoms in total. The van der Waals surface area contributed by atoms with Gasteiger partial charge < -0.3 is 9.13 Å². The van der Waals surface area contributed by atoms with Crippen LogP contribution < -0.4 is 0 Å². The molecule has 98 heavy (non-hydrogen) atoms. The fourth-order valence-corrected chi connectivity index (χ4v) is 14.3. The first kappa shape index (κ1) is 56.1. The topological polar surface area (TPSA) is 97.1 Å². The SMILES string of the molecule is c1ccc(-c2nc(-c3cccc(-c4ccc5c6ccc(-c7cn(-c8nc(-c9ccccc9)nc(-c9ccccc9)n8)c8ccccc78)cc6n(-c6ccccc6)c5c4)c3)nc(-n3cc(-c4ccc(-c5ccc6c7ccccc7n(-c7ccccc7)c6c5)cc4)c4ccccc43)n2)cc1. The molecule has 0 aliphatic rings. The van der Waals surface area contributed by atoms with Crippen LogP contribution in [0.4, 0.5) is 0 Å². The minimum Gasteiger partial charge on any atom is -0.309 e. The van der Waals surface area contributed by atoms with Crippen molar-refractivity contribution in [3.63, 3.8) is 0 Å². The molecular weight excluding hydrogens is 1200 g/mol. The highest BCUT2D eigenvalue weighted by atomic mass is 15.2. The predicted molar refractivity (Wildman–Crippen MR) is 399 cm³/mol. The zero-order valence-electron chi connectivity index (χ0n) is 52.8. The van der Waals surface area contributed by atoms with Gasteiger partial charge in [-0.05, 0) is 100 Å². The Morgan fingerprint density at radius 2 is 0.500 bits per heavy atom. The predicted octanol–water partition coefficient (Wildman–Crippen LogP) is 21.5. The lowest BCUT2D eigenvalue weighted by Crippen LogP contribution is -2.05. The maximum atomic E-state index is 5.37. The Balaban J connectivity index is 0.693. The van der Waals surface area contributed by atoms with Crippen molar-refractivity contribution < 1.29 is 0 Å². The summed E-state index contributed by atoms with van der Waals surface area (Å²) in [6.45, 7) is 0. The van der Waals surface area contributed by atoms with Crippen LogP contribution in [-0.4, -0.2) is 48.2 Å².